The second-order valence-electron chi connectivity index (χ2n) is 8.99. The number of rotatable bonds is 13. The molecule has 1 aliphatic rings. The van der Waals surface area contributed by atoms with E-state index < -0.39 is 43.0 Å². The van der Waals surface area contributed by atoms with E-state index in [0.717, 1.165) is 24.7 Å². The van der Waals surface area contributed by atoms with Crippen molar-refractivity contribution in [2.75, 3.05) is 13.2 Å². The molecule has 1 rings (SSSR count). The van der Waals surface area contributed by atoms with E-state index in [0.29, 0.717) is 0 Å². The predicted octanol–water partition coefficient (Wildman–Crippen LogP) is 2.22. The highest BCUT2D eigenvalue weighted by Gasteiger charge is 2.51. The molecule has 28 heavy (non-hydrogen) atoms. The van der Waals surface area contributed by atoms with Crippen LogP contribution < -0.4 is 0 Å². The van der Waals surface area contributed by atoms with Crippen LogP contribution in [0.3, 0.4) is 0 Å². The molecule has 0 amide bonds. The molecule has 1 aliphatic carbocycles. The Morgan fingerprint density at radius 2 is 1.61 bits per heavy atom. The Labute approximate surface area is 170 Å². The summed E-state index contributed by atoms with van der Waals surface area (Å²) in [5.74, 6) is -0.400. The monoisotopic (exact) mass is 402 g/mol. The Kier molecular flexibility index (Phi) is 11.8. The topological polar surface area (TPSA) is 110 Å². The summed E-state index contributed by atoms with van der Waals surface area (Å²) in [5, 5.41) is 49.3. The first kappa shape index (κ1) is 25.5. The molecule has 6 heteroatoms. The van der Waals surface area contributed by atoms with Crippen molar-refractivity contribution in [3.8, 4) is 0 Å². The summed E-state index contributed by atoms with van der Waals surface area (Å²) in [4.78, 5) is 0. The van der Waals surface area contributed by atoms with Gasteiger partial charge in [0.2, 0.25) is 0 Å². The van der Waals surface area contributed by atoms with Crippen molar-refractivity contribution < 1.29 is 30.3 Å². The van der Waals surface area contributed by atoms with E-state index in [1.54, 1.807) is 0 Å². The zero-order chi connectivity index (χ0) is 21.3. The van der Waals surface area contributed by atoms with Gasteiger partial charge in [0, 0.05) is 5.92 Å². The summed E-state index contributed by atoms with van der Waals surface area (Å²) < 4.78 is 5.35. The molecular weight excluding hydrogens is 360 g/mol. The Morgan fingerprint density at radius 1 is 0.964 bits per heavy atom. The van der Waals surface area contributed by atoms with Crippen LogP contribution in [0, 0.1) is 23.7 Å². The zero-order valence-corrected chi connectivity index (χ0v) is 18.0. The maximum absolute atomic E-state index is 10.1. The van der Waals surface area contributed by atoms with E-state index in [1.807, 2.05) is 13.0 Å². The highest BCUT2D eigenvalue weighted by Crippen LogP contribution is 2.34. The molecule has 0 aromatic heterocycles. The SMILES string of the molecule is C/C(=C\COC(O)C1C(O)C(O)C(CO)C1O)CCCC(C)CCCC(C)C. The minimum Gasteiger partial charge on any atom is -0.396 e. The van der Waals surface area contributed by atoms with E-state index in [4.69, 9.17) is 4.74 Å². The molecule has 0 spiro atoms. The van der Waals surface area contributed by atoms with Gasteiger partial charge in [-0.15, -0.1) is 0 Å². The lowest BCUT2D eigenvalue weighted by atomic mass is 9.94. The molecule has 0 heterocycles. The third-order valence-corrected chi connectivity index (χ3v) is 6.00. The minimum atomic E-state index is -1.40. The smallest absolute Gasteiger partial charge is 0.162 e. The molecule has 0 radical (unpaired) electrons. The fraction of sp³-hybridized carbons (Fsp3) is 0.909. The highest BCUT2D eigenvalue weighted by atomic mass is 16.6. The molecule has 5 N–H and O–H groups in total. The van der Waals surface area contributed by atoms with Gasteiger partial charge in [0.05, 0.1) is 37.4 Å². The van der Waals surface area contributed by atoms with Gasteiger partial charge in [-0.3, -0.25) is 0 Å². The first-order chi connectivity index (χ1) is 13.2. The Bertz CT molecular complexity index is 452. The quantitative estimate of drug-likeness (QED) is 0.239. The number of aliphatic hydroxyl groups is 5. The number of hydrogen-bond acceptors (Lipinski definition) is 6. The van der Waals surface area contributed by atoms with Gasteiger partial charge in [-0.1, -0.05) is 58.1 Å². The number of hydrogen-bond donors (Lipinski definition) is 5. The molecule has 0 saturated heterocycles. The average molecular weight is 403 g/mol. The van der Waals surface area contributed by atoms with Crippen molar-refractivity contribution in [1.29, 1.82) is 0 Å². The van der Waals surface area contributed by atoms with Crippen molar-refractivity contribution in [1.82, 2.24) is 0 Å². The van der Waals surface area contributed by atoms with Gasteiger partial charge in [-0.05, 0) is 31.6 Å². The second kappa shape index (κ2) is 12.9. The number of aliphatic hydroxyl groups excluding tert-OH is 5. The van der Waals surface area contributed by atoms with Crippen molar-refractivity contribution in [3.05, 3.63) is 11.6 Å². The normalized spacial score (nSPS) is 30.8. The minimum absolute atomic E-state index is 0.173. The first-order valence-corrected chi connectivity index (χ1v) is 10.8. The summed E-state index contributed by atoms with van der Waals surface area (Å²) >= 11 is 0. The van der Waals surface area contributed by atoms with Crippen LogP contribution in [0.4, 0.5) is 0 Å². The summed E-state index contributed by atoms with van der Waals surface area (Å²) in [6.07, 6.45) is 3.86. The van der Waals surface area contributed by atoms with Crippen molar-refractivity contribution >= 4 is 0 Å². The van der Waals surface area contributed by atoms with E-state index in [9.17, 15) is 25.5 Å². The number of allylic oxidation sites excluding steroid dienone is 1. The van der Waals surface area contributed by atoms with Crippen LogP contribution in [0.2, 0.25) is 0 Å². The molecule has 1 saturated carbocycles. The fourth-order valence-electron chi connectivity index (χ4n) is 3.97. The summed E-state index contributed by atoms with van der Waals surface area (Å²) in [7, 11) is 0. The van der Waals surface area contributed by atoms with Crippen molar-refractivity contribution in [2.45, 2.75) is 90.8 Å². The van der Waals surface area contributed by atoms with E-state index >= 15 is 0 Å². The zero-order valence-electron chi connectivity index (χ0n) is 18.0. The second-order valence-corrected chi connectivity index (χ2v) is 8.99. The van der Waals surface area contributed by atoms with Gasteiger partial charge < -0.3 is 30.3 Å². The van der Waals surface area contributed by atoms with Gasteiger partial charge in [0.1, 0.15) is 0 Å². The Morgan fingerprint density at radius 3 is 2.18 bits per heavy atom. The summed E-state index contributed by atoms with van der Waals surface area (Å²) in [6, 6.07) is 0. The largest absolute Gasteiger partial charge is 0.396 e. The standard InChI is InChI=1S/C22H42O6/c1-14(2)7-5-8-15(3)9-6-10-16(4)11-12-28-22(27)18-19(24)17(13-23)20(25)21(18)26/h11,14-15,17-27H,5-10,12-13H2,1-4H3/b16-11+. The van der Waals surface area contributed by atoms with E-state index in [-0.39, 0.29) is 6.61 Å². The maximum atomic E-state index is 10.1. The van der Waals surface area contributed by atoms with Crippen LogP contribution in [-0.2, 0) is 4.74 Å². The molecule has 6 nitrogen and oxygen atoms in total. The predicted molar refractivity (Wildman–Crippen MR) is 110 cm³/mol. The third kappa shape index (κ3) is 8.09. The van der Waals surface area contributed by atoms with Crippen LogP contribution >= 0.6 is 0 Å². The van der Waals surface area contributed by atoms with E-state index in [2.05, 4.69) is 20.8 Å². The highest BCUT2D eigenvalue weighted by molar-refractivity contribution is 5.00. The van der Waals surface area contributed by atoms with Crippen molar-refractivity contribution in [3.63, 3.8) is 0 Å². The maximum Gasteiger partial charge on any atom is 0.162 e. The summed E-state index contributed by atoms with van der Waals surface area (Å²) in [5.41, 5.74) is 1.18. The van der Waals surface area contributed by atoms with Crippen LogP contribution in [-0.4, -0.2) is 63.3 Å². The molecule has 7 atom stereocenters. The van der Waals surface area contributed by atoms with Gasteiger partial charge in [-0.2, -0.15) is 0 Å². The van der Waals surface area contributed by atoms with Crippen LogP contribution in [0.15, 0.2) is 11.6 Å². The van der Waals surface area contributed by atoms with Gasteiger partial charge in [0.25, 0.3) is 0 Å². The molecular formula is C22H42O6. The first-order valence-electron chi connectivity index (χ1n) is 10.8. The van der Waals surface area contributed by atoms with E-state index in [1.165, 1.54) is 31.3 Å². The van der Waals surface area contributed by atoms with Crippen LogP contribution in [0.25, 0.3) is 0 Å². The summed E-state index contributed by atoms with van der Waals surface area (Å²) in [6.45, 7) is 8.58. The fourth-order valence-corrected chi connectivity index (χ4v) is 3.97. The molecule has 0 bridgehead atoms. The lowest BCUT2D eigenvalue weighted by molar-refractivity contribution is -0.169. The molecule has 0 aromatic rings. The average Bonchev–Trinajstić information content (AvgIpc) is 2.83. The lowest BCUT2D eigenvalue weighted by Crippen LogP contribution is -2.38. The lowest BCUT2D eigenvalue weighted by Gasteiger charge is -2.24. The Balaban J connectivity index is 2.28. The van der Waals surface area contributed by atoms with Gasteiger partial charge in [0.15, 0.2) is 6.29 Å². The molecule has 0 aromatic carbocycles. The van der Waals surface area contributed by atoms with Gasteiger partial charge in [-0.25, -0.2) is 0 Å². The molecule has 166 valence electrons. The number of ether oxygens (including phenoxy) is 1. The third-order valence-electron chi connectivity index (χ3n) is 6.00. The molecule has 0 aliphatic heterocycles. The van der Waals surface area contributed by atoms with Crippen LogP contribution in [0.5, 0.6) is 0 Å². The molecule has 7 unspecified atom stereocenters. The van der Waals surface area contributed by atoms with Crippen molar-refractivity contribution in [2.24, 2.45) is 23.7 Å². The van der Waals surface area contributed by atoms with Crippen LogP contribution in [0.1, 0.15) is 66.2 Å². The van der Waals surface area contributed by atoms with Gasteiger partial charge >= 0.3 is 0 Å². The Hall–Kier alpha value is -0.500. The molecule has 1 fully saturated rings.